The molecule has 0 N–H and O–H groups in total. The molecule has 0 unspecified atom stereocenters. The van der Waals surface area contributed by atoms with E-state index in [1.807, 2.05) is 12.1 Å². The minimum Gasteiger partial charge on any atom is -0.296 e. The van der Waals surface area contributed by atoms with Gasteiger partial charge < -0.3 is 0 Å². The summed E-state index contributed by atoms with van der Waals surface area (Å²) in [5, 5.41) is 2.48. The molecule has 0 radical (unpaired) electrons. The molecule has 0 aliphatic carbocycles. The molecule has 2 aromatic heterocycles. The molecule has 0 aromatic carbocycles. The molecular formula is C9H5BrN2OS. The van der Waals surface area contributed by atoms with E-state index in [9.17, 15) is 4.79 Å². The van der Waals surface area contributed by atoms with Gasteiger partial charge >= 0.3 is 0 Å². The van der Waals surface area contributed by atoms with E-state index in [4.69, 9.17) is 0 Å². The quantitative estimate of drug-likeness (QED) is 0.787. The zero-order valence-electron chi connectivity index (χ0n) is 6.98. The fraction of sp³-hybridized carbons (Fsp3) is 0. The van der Waals surface area contributed by atoms with Gasteiger partial charge in [-0.1, -0.05) is 0 Å². The topological polar surface area (TPSA) is 42.9 Å². The van der Waals surface area contributed by atoms with E-state index in [2.05, 4.69) is 25.9 Å². The largest absolute Gasteiger partial charge is 0.296 e. The Hall–Kier alpha value is -1.07. The number of carbonyl (C=O) groups is 1. The van der Waals surface area contributed by atoms with Crippen LogP contribution >= 0.6 is 27.3 Å². The Morgan fingerprint density at radius 1 is 1.43 bits per heavy atom. The Balaban J connectivity index is 2.39. The summed E-state index contributed by atoms with van der Waals surface area (Å²) in [5.74, 6) is 0. The molecule has 0 amide bonds. The van der Waals surface area contributed by atoms with Crippen LogP contribution in [0, 0.1) is 0 Å². The summed E-state index contributed by atoms with van der Waals surface area (Å²) in [5.41, 5.74) is 1.24. The molecule has 3 nitrogen and oxygen atoms in total. The Morgan fingerprint density at radius 3 is 2.86 bits per heavy atom. The average Bonchev–Trinajstić information content (AvgIpc) is 2.67. The third-order valence-corrected chi connectivity index (χ3v) is 2.94. The van der Waals surface area contributed by atoms with Gasteiger partial charge in [0.2, 0.25) is 0 Å². The van der Waals surface area contributed by atoms with E-state index in [1.165, 1.54) is 11.3 Å². The number of halogens is 1. The number of rotatable bonds is 2. The van der Waals surface area contributed by atoms with Crippen molar-refractivity contribution in [2.45, 2.75) is 0 Å². The van der Waals surface area contributed by atoms with Crippen LogP contribution in [0.25, 0.3) is 10.7 Å². The van der Waals surface area contributed by atoms with Crippen molar-refractivity contribution in [3.8, 4) is 10.7 Å². The third kappa shape index (κ3) is 1.88. The van der Waals surface area contributed by atoms with Crippen molar-refractivity contribution < 1.29 is 4.79 Å². The normalized spacial score (nSPS) is 10.1. The van der Waals surface area contributed by atoms with E-state index < -0.39 is 0 Å². The second kappa shape index (κ2) is 3.98. The van der Waals surface area contributed by atoms with Crippen molar-refractivity contribution >= 4 is 33.6 Å². The van der Waals surface area contributed by atoms with Crippen molar-refractivity contribution in [2.24, 2.45) is 0 Å². The molecule has 0 saturated heterocycles. The molecule has 0 fully saturated rings. The lowest BCUT2D eigenvalue weighted by Gasteiger charge is -1.93. The maximum atomic E-state index is 10.4. The molecule has 5 heteroatoms. The van der Waals surface area contributed by atoms with E-state index in [-0.39, 0.29) is 0 Å². The predicted octanol–water partition coefficient (Wildman–Crippen LogP) is 2.78. The lowest BCUT2D eigenvalue weighted by atomic mass is 10.4. The molecule has 0 saturated carbocycles. The van der Waals surface area contributed by atoms with E-state index >= 15 is 0 Å². The van der Waals surface area contributed by atoms with E-state index in [1.54, 1.807) is 11.6 Å². The summed E-state index contributed by atoms with van der Waals surface area (Å²) in [6, 6.07) is 3.75. The van der Waals surface area contributed by atoms with Crippen LogP contribution in [0.4, 0.5) is 0 Å². The van der Waals surface area contributed by atoms with Crippen molar-refractivity contribution in [2.75, 3.05) is 0 Å². The fourth-order valence-corrected chi connectivity index (χ4v) is 1.94. The Bertz CT molecular complexity index is 452. The molecule has 0 aliphatic heterocycles. The number of nitrogens with zero attached hydrogens (tertiary/aromatic N) is 2. The van der Waals surface area contributed by atoms with Crippen LogP contribution in [0.3, 0.4) is 0 Å². The minimum atomic E-state index is 0.453. The van der Waals surface area contributed by atoms with Gasteiger partial charge in [0.1, 0.15) is 10.7 Å². The average molecular weight is 269 g/mol. The van der Waals surface area contributed by atoms with Crippen molar-refractivity contribution in [3.05, 3.63) is 33.9 Å². The van der Waals surface area contributed by atoms with Crippen molar-refractivity contribution in [1.29, 1.82) is 0 Å². The predicted molar refractivity (Wildman–Crippen MR) is 58.4 cm³/mol. The van der Waals surface area contributed by atoms with Gasteiger partial charge in [-0.2, -0.15) is 0 Å². The molecular weight excluding hydrogens is 264 g/mol. The first kappa shape index (κ1) is 9.48. The Kier molecular flexibility index (Phi) is 2.69. The highest BCUT2D eigenvalue weighted by Crippen LogP contribution is 2.22. The molecule has 14 heavy (non-hydrogen) atoms. The van der Waals surface area contributed by atoms with Gasteiger partial charge in [-0.05, 0) is 28.1 Å². The van der Waals surface area contributed by atoms with Crippen LogP contribution < -0.4 is 0 Å². The fourth-order valence-electron chi connectivity index (χ4n) is 0.960. The number of pyridine rings is 1. The molecule has 2 aromatic rings. The van der Waals surface area contributed by atoms with Crippen LogP contribution in [0.15, 0.2) is 28.2 Å². The summed E-state index contributed by atoms with van der Waals surface area (Å²) in [6.45, 7) is 0. The minimum absolute atomic E-state index is 0.453. The number of aromatic nitrogens is 2. The van der Waals surface area contributed by atoms with Crippen LogP contribution in [0.5, 0.6) is 0 Å². The van der Waals surface area contributed by atoms with Crippen LogP contribution in [-0.2, 0) is 0 Å². The van der Waals surface area contributed by atoms with Crippen molar-refractivity contribution in [3.63, 3.8) is 0 Å². The van der Waals surface area contributed by atoms with Crippen LogP contribution in [0.2, 0.25) is 0 Å². The summed E-state index contributed by atoms with van der Waals surface area (Å²) < 4.78 is 0.924. The first-order chi connectivity index (χ1) is 6.79. The zero-order valence-corrected chi connectivity index (χ0v) is 9.38. The summed E-state index contributed by atoms with van der Waals surface area (Å²) in [6.07, 6.45) is 2.44. The zero-order chi connectivity index (χ0) is 9.97. The molecule has 2 rings (SSSR count). The molecule has 70 valence electrons. The lowest BCUT2D eigenvalue weighted by molar-refractivity contribution is 0.111. The maximum Gasteiger partial charge on any atom is 0.169 e. The van der Waals surface area contributed by atoms with Gasteiger partial charge in [0.25, 0.3) is 0 Å². The smallest absolute Gasteiger partial charge is 0.169 e. The summed E-state index contributed by atoms with van der Waals surface area (Å²) in [4.78, 5) is 18.7. The lowest BCUT2D eigenvalue weighted by Crippen LogP contribution is -1.83. The molecule has 0 spiro atoms. The first-order valence-electron chi connectivity index (χ1n) is 3.82. The van der Waals surface area contributed by atoms with Gasteiger partial charge in [-0.15, -0.1) is 11.3 Å². The number of hydrogen-bond acceptors (Lipinski definition) is 4. The highest BCUT2D eigenvalue weighted by molar-refractivity contribution is 9.10. The molecule has 0 aliphatic rings. The monoisotopic (exact) mass is 268 g/mol. The van der Waals surface area contributed by atoms with Gasteiger partial charge in [0.15, 0.2) is 6.29 Å². The molecule has 0 bridgehead atoms. The van der Waals surface area contributed by atoms with Crippen LogP contribution in [0.1, 0.15) is 10.5 Å². The summed E-state index contributed by atoms with van der Waals surface area (Å²) in [7, 11) is 0. The van der Waals surface area contributed by atoms with Crippen molar-refractivity contribution in [1.82, 2.24) is 9.97 Å². The summed E-state index contributed by atoms with van der Waals surface area (Å²) >= 11 is 4.71. The number of thiazole rings is 1. The number of aldehydes is 1. The second-order valence-corrected chi connectivity index (χ2v) is 4.33. The van der Waals surface area contributed by atoms with E-state index in [0.29, 0.717) is 5.69 Å². The molecule has 0 atom stereocenters. The van der Waals surface area contributed by atoms with Gasteiger partial charge in [0.05, 0.1) is 5.69 Å². The number of carbonyl (C=O) groups excluding carboxylic acids is 1. The first-order valence-corrected chi connectivity index (χ1v) is 5.49. The number of hydrogen-bond donors (Lipinski definition) is 0. The van der Waals surface area contributed by atoms with Crippen LogP contribution in [-0.4, -0.2) is 16.3 Å². The standard InChI is InChI=1S/C9H5BrN2OS/c10-6-1-2-8(11-3-6)9-12-7(4-13)5-14-9/h1-5H. The molecule has 2 heterocycles. The SMILES string of the molecule is O=Cc1csc(-c2ccc(Br)cn2)n1. The second-order valence-electron chi connectivity index (χ2n) is 2.56. The van der Waals surface area contributed by atoms with E-state index in [0.717, 1.165) is 21.5 Å². The third-order valence-electron chi connectivity index (χ3n) is 1.59. The maximum absolute atomic E-state index is 10.4. The van der Waals surface area contributed by atoms with Gasteiger partial charge in [0, 0.05) is 16.0 Å². The van der Waals surface area contributed by atoms with Gasteiger partial charge in [-0.3, -0.25) is 9.78 Å². The van der Waals surface area contributed by atoms with Gasteiger partial charge in [-0.25, -0.2) is 4.98 Å². The highest BCUT2D eigenvalue weighted by atomic mass is 79.9. The Morgan fingerprint density at radius 2 is 2.29 bits per heavy atom. The highest BCUT2D eigenvalue weighted by Gasteiger charge is 2.04. The Labute approximate surface area is 93.0 Å².